The number of halogens is 1. The Morgan fingerprint density at radius 2 is 2.18 bits per heavy atom. The Labute approximate surface area is 67.0 Å². The summed E-state index contributed by atoms with van der Waals surface area (Å²) < 4.78 is 33.2. The van der Waals surface area contributed by atoms with E-state index in [-0.39, 0.29) is 9.35 Å². The van der Waals surface area contributed by atoms with Crippen molar-refractivity contribution in [3.63, 3.8) is 0 Å². The fraction of sp³-hybridized carbons (Fsp3) is 0.500. The highest BCUT2D eigenvalue weighted by Crippen LogP contribution is 2.15. The standard InChI is InChI=1S/C4H5FN2O2S2/c1-11(8,9)4-7-6-3(2-5)10-4/h2H2,1H3. The van der Waals surface area contributed by atoms with Gasteiger partial charge in [0.15, 0.2) is 0 Å². The second-order valence-electron chi connectivity index (χ2n) is 1.87. The van der Waals surface area contributed by atoms with E-state index in [0.29, 0.717) is 0 Å². The molecule has 0 radical (unpaired) electrons. The Morgan fingerprint density at radius 1 is 1.55 bits per heavy atom. The summed E-state index contributed by atoms with van der Waals surface area (Å²) in [5, 5.41) is 6.70. The van der Waals surface area contributed by atoms with E-state index in [4.69, 9.17) is 0 Å². The summed E-state index contributed by atoms with van der Waals surface area (Å²) in [7, 11) is -3.31. The summed E-state index contributed by atoms with van der Waals surface area (Å²) in [6.45, 7) is -0.771. The molecule has 0 unspecified atom stereocenters. The lowest BCUT2D eigenvalue weighted by atomic mass is 10.8. The van der Waals surface area contributed by atoms with Crippen molar-refractivity contribution in [3.8, 4) is 0 Å². The molecule has 1 heterocycles. The first kappa shape index (κ1) is 8.54. The molecule has 1 aromatic rings. The van der Waals surface area contributed by atoms with Crippen LogP contribution < -0.4 is 0 Å². The largest absolute Gasteiger partial charge is 0.243 e. The molecule has 0 bridgehead atoms. The Kier molecular flexibility index (Phi) is 2.19. The van der Waals surface area contributed by atoms with E-state index in [1.165, 1.54) is 0 Å². The van der Waals surface area contributed by atoms with E-state index in [2.05, 4.69) is 10.2 Å². The molecule has 0 aliphatic carbocycles. The van der Waals surface area contributed by atoms with E-state index < -0.39 is 16.5 Å². The van der Waals surface area contributed by atoms with Crippen molar-refractivity contribution < 1.29 is 12.8 Å². The Morgan fingerprint density at radius 3 is 2.45 bits per heavy atom. The van der Waals surface area contributed by atoms with Gasteiger partial charge in [-0.15, -0.1) is 10.2 Å². The van der Waals surface area contributed by atoms with Crippen molar-refractivity contribution >= 4 is 21.2 Å². The highest BCUT2D eigenvalue weighted by Gasteiger charge is 2.13. The maximum absolute atomic E-state index is 11.8. The normalized spacial score (nSPS) is 11.8. The van der Waals surface area contributed by atoms with Gasteiger partial charge in [0, 0.05) is 6.26 Å². The fourth-order valence-corrected chi connectivity index (χ4v) is 1.94. The van der Waals surface area contributed by atoms with Crippen LogP contribution in [0.4, 0.5) is 4.39 Å². The van der Waals surface area contributed by atoms with Gasteiger partial charge in [-0.05, 0) is 0 Å². The van der Waals surface area contributed by atoms with E-state index in [9.17, 15) is 12.8 Å². The lowest BCUT2D eigenvalue weighted by Crippen LogP contribution is -1.95. The molecule has 0 fully saturated rings. The van der Waals surface area contributed by atoms with Gasteiger partial charge in [0.05, 0.1) is 0 Å². The van der Waals surface area contributed by atoms with Crippen molar-refractivity contribution in [2.45, 2.75) is 11.0 Å². The van der Waals surface area contributed by atoms with Crippen LogP contribution in [0.3, 0.4) is 0 Å². The molecule has 0 aliphatic heterocycles. The minimum Gasteiger partial charge on any atom is -0.243 e. The third-order valence-corrected chi connectivity index (χ3v) is 3.44. The van der Waals surface area contributed by atoms with E-state index in [0.717, 1.165) is 17.6 Å². The van der Waals surface area contributed by atoms with Gasteiger partial charge in [-0.25, -0.2) is 12.8 Å². The van der Waals surface area contributed by atoms with Crippen LogP contribution in [0.15, 0.2) is 4.34 Å². The summed E-state index contributed by atoms with van der Waals surface area (Å²) in [5.74, 6) is 0. The van der Waals surface area contributed by atoms with Crippen molar-refractivity contribution in [1.29, 1.82) is 0 Å². The Balaban J connectivity index is 3.09. The molecule has 0 aliphatic rings. The van der Waals surface area contributed by atoms with Gasteiger partial charge in [-0.1, -0.05) is 11.3 Å². The van der Waals surface area contributed by atoms with Gasteiger partial charge < -0.3 is 0 Å². The molecule has 7 heteroatoms. The van der Waals surface area contributed by atoms with E-state index in [1.54, 1.807) is 0 Å². The van der Waals surface area contributed by atoms with E-state index in [1.807, 2.05) is 0 Å². The van der Waals surface area contributed by atoms with Crippen LogP contribution in [0.25, 0.3) is 0 Å². The average Bonchev–Trinajstić information content (AvgIpc) is 2.32. The molecule has 11 heavy (non-hydrogen) atoms. The highest BCUT2D eigenvalue weighted by molar-refractivity contribution is 7.92. The van der Waals surface area contributed by atoms with Gasteiger partial charge in [0.25, 0.3) is 0 Å². The third-order valence-electron chi connectivity index (χ3n) is 0.880. The van der Waals surface area contributed by atoms with E-state index >= 15 is 0 Å². The number of alkyl halides is 1. The van der Waals surface area contributed by atoms with Gasteiger partial charge >= 0.3 is 0 Å². The summed E-state index contributed by atoms with van der Waals surface area (Å²) in [5.41, 5.74) is 0. The zero-order valence-electron chi connectivity index (χ0n) is 5.61. The summed E-state index contributed by atoms with van der Waals surface area (Å²) in [4.78, 5) is 0. The van der Waals surface area contributed by atoms with Gasteiger partial charge in [-0.3, -0.25) is 0 Å². The minimum atomic E-state index is -3.31. The first-order chi connectivity index (χ1) is 5.04. The van der Waals surface area contributed by atoms with Crippen LogP contribution in [0.2, 0.25) is 0 Å². The zero-order valence-corrected chi connectivity index (χ0v) is 7.25. The number of hydrogen-bond donors (Lipinski definition) is 0. The predicted octanol–water partition coefficient (Wildman–Crippen LogP) is 0.411. The third kappa shape index (κ3) is 1.93. The molecule has 62 valence electrons. The van der Waals surface area contributed by atoms with Crippen LogP contribution in [0, 0.1) is 0 Å². The van der Waals surface area contributed by atoms with Crippen molar-refractivity contribution in [3.05, 3.63) is 5.01 Å². The van der Waals surface area contributed by atoms with Crippen LogP contribution in [0.5, 0.6) is 0 Å². The highest BCUT2D eigenvalue weighted by atomic mass is 32.2. The number of nitrogens with zero attached hydrogens (tertiary/aromatic N) is 2. The first-order valence-corrected chi connectivity index (χ1v) is 5.33. The van der Waals surface area contributed by atoms with Crippen LogP contribution >= 0.6 is 11.3 Å². The maximum Gasteiger partial charge on any atom is 0.232 e. The SMILES string of the molecule is CS(=O)(=O)c1nnc(CF)s1. The predicted molar refractivity (Wildman–Crippen MR) is 37.8 cm³/mol. The molecule has 0 amide bonds. The topological polar surface area (TPSA) is 59.9 Å². The smallest absolute Gasteiger partial charge is 0.232 e. The van der Waals surface area contributed by atoms with Gasteiger partial charge in [0.2, 0.25) is 14.2 Å². The molecule has 1 rings (SSSR count). The van der Waals surface area contributed by atoms with Crippen LogP contribution in [-0.2, 0) is 16.5 Å². The summed E-state index contributed by atoms with van der Waals surface area (Å²) in [6.07, 6.45) is 1.01. The molecule has 0 saturated carbocycles. The zero-order chi connectivity index (χ0) is 8.48. The van der Waals surface area contributed by atoms with Crippen LogP contribution in [0.1, 0.15) is 5.01 Å². The minimum absolute atomic E-state index is 0.0884. The summed E-state index contributed by atoms with van der Waals surface area (Å²) in [6, 6.07) is 0. The lowest BCUT2D eigenvalue weighted by Gasteiger charge is -1.83. The number of rotatable bonds is 2. The number of hydrogen-bond acceptors (Lipinski definition) is 5. The average molecular weight is 196 g/mol. The van der Waals surface area contributed by atoms with Crippen molar-refractivity contribution in [2.24, 2.45) is 0 Å². The van der Waals surface area contributed by atoms with Gasteiger partial charge in [0.1, 0.15) is 11.7 Å². The van der Waals surface area contributed by atoms with Crippen molar-refractivity contribution in [1.82, 2.24) is 10.2 Å². The molecule has 1 aromatic heterocycles. The molecule has 0 aromatic carbocycles. The summed E-state index contributed by atoms with van der Waals surface area (Å²) >= 11 is 0.755. The quantitative estimate of drug-likeness (QED) is 0.687. The number of sulfone groups is 1. The molecule has 0 atom stereocenters. The molecule has 0 spiro atoms. The fourth-order valence-electron chi connectivity index (χ4n) is 0.442. The van der Waals surface area contributed by atoms with Crippen molar-refractivity contribution in [2.75, 3.05) is 6.26 Å². The first-order valence-electron chi connectivity index (χ1n) is 2.62. The maximum atomic E-state index is 11.8. The molecule has 4 nitrogen and oxygen atoms in total. The molecule has 0 N–H and O–H groups in total. The monoisotopic (exact) mass is 196 g/mol. The molecule has 0 saturated heterocycles. The second-order valence-corrected chi connectivity index (χ2v) is 5.12. The number of aromatic nitrogens is 2. The van der Waals surface area contributed by atoms with Gasteiger partial charge in [-0.2, -0.15) is 0 Å². The second kappa shape index (κ2) is 2.82. The lowest BCUT2D eigenvalue weighted by molar-refractivity contribution is 0.480. The Bertz CT molecular complexity index is 345. The van der Waals surface area contributed by atoms with Crippen LogP contribution in [-0.4, -0.2) is 24.9 Å². The molecular weight excluding hydrogens is 191 g/mol. The Hall–Kier alpha value is -0.560. The molecular formula is C4H5FN2O2S2.